The van der Waals surface area contributed by atoms with E-state index in [0.717, 1.165) is 11.3 Å². The lowest BCUT2D eigenvalue weighted by Gasteiger charge is -2.19. The minimum absolute atomic E-state index is 0.192. The Bertz CT molecular complexity index is 1290. The van der Waals surface area contributed by atoms with Gasteiger partial charge < -0.3 is 35.1 Å². The number of hydrogen-bond acceptors (Lipinski definition) is 7. The van der Waals surface area contributed by atoms with E-state index in [1.54, 1.807) is 58.9 Å². The summed E-state index contributed by atoms with van der Waals surface area (Å²) in [5, 5.41) is 8.28. The molecule has 1 aliphatic heterocycles. The van der Waals surface area contributed by atoms with Gasteiger partial charge in [0.05, 0.1) is 42.6 Å². The van der Waals surface area contributed by atoms with E-state index in [4.69, 9.17) is 14.2 Å². The molecule has 0 aliphatic carbocycles. The molecule has 0 radical (unpaired) electrons. The van der Waals surface area contributed by atoms with Crippen molar-refractivity contribution in [3.05, 3.63) is 52.3 Å². The number of fused-ring (bicyclic) bond motifs is 1. The lowest BCUT2D eigenvalue weighted by atomic mass is 9.95. The maximum atomic E-state index is 12.8. The summed E-state index contributed by atoms with van der Waals surface area (Å²) in [5.74, 6) is -1.45. The van der Waals surface area contributed by atoms with Crippen LogP contribution in [0, 0.1) is 6.92 Å². The predicted molar refractivity (Wildman–Crippen MR) is 151 cm³/mol. The number of hydrogen-bond donors (Lipinski definition) is 4. The Morgan fingerprint density at radius 2 is 1.77 bits per heavy atom. The minimum atomic E-state index is -0.566. The van der Waals surface area contributed by atoms with Gasteiger partial charge in [0, 0.05) is 30.0 Å². The van der Waals surface area contributed by atoms with Crippen LogP contribution in [0.5, 0.6) is 0 Å². The molecule has 1 aromatic carbocycles. The van der Waals surface area contributed by atoms with Gasteiger partial charge in [-0.2, -0.15) is 0 Å². The third-order valence-corrected chi connectivity index (χ3v) is 5.95. The van der Waals surface area contributed by atoms with Crippen LogP contribution in [-0.4, -0.2) is 67.4 Å². The SMILES string of the molecule is CCOC(=O)c1cc(C)[nH]c1/C=C1\C(=O)Nc2ccc(C(C)C(=O)NCCOCCNC(=O)OC(C)(C)C)cc21. The molecule has 216 valence electrons. The minimum Gasteiger partial charge on any atom is -0.462 e. The highest BCUT2D eigenvalue weighted by molar-refractivity contribution is 6.35. The summed E-state index contributed by atoms with van der Waals surface area (Å²) in [6, 6.07) is 7.05. The Balaban J connectivity index is 1.58. The molecule has 1 atom stereocenters. The van der Waals surface area contributed by atoms with Crippen molar-refractivity contribution < 1.29 is 33.4 Å². The first-order valence-corrected chi connectivity index (χ1v) is 13.3. The fraction of sp³-hybridized carbons (Fsp3) is 0.448. The molecule has 1 aromatic heterocycles. The quantitative estimate of drug-likeness (QED) is 0.188. The molecule has 2 heterocycles. The molecule has 1 unspecified atom stereocenters. The second kappa shape index (κ2) is 13.3. The number of anilines is 1. The summed E-state index contributed by atoms with van der Waals surface area (Å²) in [6.45, 7) is 12.1. The largest absolute Gasteiger partial charge is 0.462 e. The van der Waals surface area contributed by atoms with Gasteiger partial charge in [-0.3, -0.25) is 9.59 Å². The monoisotopic (exact) mass is 554 g/mol. The zero-order valence-electron chi connectivity index (χ0n) is 23.9. The Kier molecular flexibility index (Phi) is 10.1. The molecule has 0 spiro atoms. The van der Waals surface area contributed by atoms with Gasteiger partial charge in [-0.05, 0) is 71.4 Å². The molecule has 11 nitrogen and oxygen atoms in total. The van der Waals surface area contributed by atoms with Crippen LogP contribution in [0.25, 0.3) is 11.6 Å². The van der Waals surface area contributed by atoms with Crippen LogP contribution in [0.4, 0.5) is 10.5 Å². The fourth-order valence-corrected chi connectivity index (χ4v) is 4.06. The Morgan fingerprint density at radius 1 is 1.07 bits per heavy atom. The maximum absolute atomic E-state index is 12.8. The molecular formula is C29H38N4O7. The van der Waals surface area contributed by atoms with Gasteiger partial charge in [-0.1, -0.05) is 6.07 Å². The van der Waals surface area contributed by atoms with Gasteiger partial charge in [0.1, 0.15) is 5.60 Å². The van der Waals surface area contributed by atoms with Crippen molar-refractivity contribution in [3.8, 4) is 0 Å². The highest BCUT2D eigenvalue weighted by atomic mass is 16.6. The van der Waals surface area contributed by atoms with Gasteiger partial charge in [0.2, 0.25) is 5.91 Å². The zero-order chi connectivity index (χ0) is 29.4. The molecule has 0 saturated carbocycles. The first kappa shape index (κ1) is 30.4. The number of ether oxygens (including phenoxy) is 3. The van der Waals surface area contributed by atoms with Crippen molar-refractivity contribution in [1.29, 1.82) is 0 Å². The normalized spacial score (nSPS) is 14.3. The first-order valence-electron chi connectivity index (χ1n) is 13.3. The van der Waals surface area contributed by atoms with E-state index in [9.17, 15) is 19.2 Å². The van der Waals surface area contributed by atoms with E-state index in [2.05, 4.69) is 20.9 Å². The van der Waals surface area contributed by atoms with E-state index in [-0.39, 0.29) is 31.6 Å². The molecule has 1 aliphatic rings. The number of aryl methyl sites for hydroxylation is 1. The number of carbonyl (C=O) groups is 4. The molecule has 0 fully saturated rings. The van der Waals surface area contributed by atoms with Crippen molar-refractivity contribution in [1.82, 2.24) is 15.6 Å². The number of nitrogens with one attached hydrogen (secondary N) is 4. The standard InChI is InChI=1S/C29H38N4O7/c1-7-39-27(36)22-14-17(2)32-24(22)16-21-20-15-19(8-9-23(20)33-26(21)35)18(3)25(34)30-10-12-38-13-11-31-28(37)40-29(4,5)6/h8-9,14-16,18,32H,7,10-13H2,1-6H3,(H,30,34)(H,31,37)(H,33,35)/b21-16-. The van der Waals surface area contributed by atoms with Crippen LogP contribution < -0.4 is 16.0 Å². The average molecular weight is 555 g/mol. The van der Waals surface area contributed by atoms with Crippen LogP contribution in [0.3, 0.4) is 0 Å². The molecule has 40 heavy (non-hydrogen) atoms. The second-order valence-electron chi connectivity index (χ2n) is 10.4. The number of rotatable bonds is 11. The summed E-state index contributed by atoms with van der Waals surface area (Å²) >= 11 is 0. The number of H-pyrrole nitrogens is 1. The topological polar surface area (TPSA) is 148 Å². The van der Waals surface area contributed by atoms with E-state index < -0.39 is 23.6 Å². The summed E-state index contributed by atoms with van der Waals surface area (Å²) in [6.07, 6.45) is 1.12. The van der Waals surface area contributed by atoms with Crippen molar-refractivity contribution in [2.45, 2.75) is 53.1 Å². The summed E-state index contributed by atoms with van der Waals surface area (Å²) in [4.78, 5) is 52.7. The van der Waals surface area contributed by atoms with Gasteiger partial charge in [-0.15, -0.1) is 0 Å². The van der Waals surface area contributed by atoms with Gasteiger partial charge in [-0.25, -0.2) is 9.59 Å². The van der Waals surface area contributed by atoms with Crippen LogP contribution in [0.2, 0.25) is 0 Å². The molecule has 3 rings (SSSR count). The Morgan fingerprint density at radius 3 is 2.45 bits per heavy atom. The molecule has 3 amide bonds. The molecule has 0 bridgehead atoms. The number of esters is 1. The van der Waals surface area contributed by atoms with Gasteiger partial charge in [0.15, 0.2) is 0 Å². The van der Waals surface area contributed by atoms with Gasteiger partial charge in [0.25, 0.3) is 5.91 Å². The van der Waals surface area contributed by atoms with Crippen LogP contribution in [0.15, 0.2) is 24.3 Å². The predicted octanol–water partition coefficient (Wildman–Crippen LogP) is 3.75. The molecule has 2 aromatic rings. The smallest absolute Gasteiger partial charge is 0.407 e. The van der Waals surface area contributed by atoms with Crippen molar-refractivity contribution in [2.75, 3.05) is 38.2 Å². The van der Waals surface area contributed by atoms with Gasteiger partial charge >= 0.3 is 12.1 Å². The van der Waals surface area contributed by atoms with E-state index in [0.29, 0.717) is 41.2 Å². The van der Waals surface area contributed by atoms with Crippen LogP contribution >= 0.6 is 0 Å². The number of aromatic amines is 1. The van der Waals surface area contributed by atoms with E-state index in [1.807, 2.05) is 13.0 Å². The number of aromatic nitrogens is 1. The van der Waals surface area contributed by atoms with Crippen LogP contribution in [0.1, 0.15) is 73.4 Å². The van der Waals surface area contributed by atoms with E-state index in [1.165, 1.54) is 0 Å². The van der Waals surface area contributed by atoms with Crippen molar-refractivity contribution in [3.63, 3.8) is 0 Å². The average Bonchev–Trinajstić information content (AvgIpc) is 3.40. The fourth-order valence-electron chi connectivity index (χ4n) is 4.06. The van der Waals surface area contributed by atoms with Crippen molar-refractivity contribution >= 4 is 41.2 Å². The summed E-state index contributed by atoms with van der Waals surface area (Å²) in [7, 11) is 0. The summed E-state index contributed by atoms with van der Waals surface area (Å²) in [5.41, 5.74) is 3.40. The van der Waals surface area contributed by atoms with Crippen LogP contribution in [-0.2, 0) is 23.8 Å². The van der Waals surface area contributed by atoms with Crippen molar-refractivity contribution in [2.24, 2.45) is 0 Å². The number of benzene rings is 1. The Hall–Kier alpha value is -4.12. The Labute approximate surface area is 234 Å². The molecule has 11 heteroatoms. The first-order chi connectivity index (χ1) is 18.9. The number of amides is 3. The highest BCUT2D eigenvalue weighted by Gasteiger charge is 2.27. The number of alkyl carbamates (subject to hydrolysis) is 1. The maximum Gasteiger partial charge on any atom is 0.407 e. The second-order valence-corrected chi connectivity index (χ2v) is 10.4. The highest BCUT2D eigenvalue weighted by Crippen LogP contribution is 2.36. The third kappa shape index (κ3) is 8.19. The number of carbonyl (C=O) groups excluding carboxylic acids is 4. The lowest BCUT2D eigenvalue weighted by molar-refractivity contribution is -0.122. The lowest BCUT2D eigenvalue weighted by Crippen LogP contribution is -2.35. The third-order valence-electron chi connectivity index (χ3n) is 5.95. The van der Waals surface area contributed by atoms with E-state index >= 15 is 0 Å². The summed E-state index contributed by atoms with van der Waals surface area (Å²) < 4.78 is 15.8. The zero-order valence-corrected chi connectivity index (χ0v) is 23.9. The molecular weight excluding hydrogens is 516 g/mol. The molecule has 4 N–H and O–H groups in total. The molecule has 0 saturated heterocycles.